The molecule has 4 heterocycles. The number of rotatable bonds is 7. The van der Waals surface area contributed by atoms with Gasteiger partial charge in [-0.3, -0.25) is 0 Å². The van der Waals surface area contributed by atoms with Gasteiger partial charge in [-0.05, 0) is 36.4 Å². The van der Waals surface area contributed by atoms with Crippen LogP contribution in [0.15, 0.2) is 77.7 Å². The van der Waals surface area contributed by atoms with Crippen molar-refractivity contribution in [2.24, 2.45) is 0 Å². The molecule has 0 N–H and O–H groups in total. The number of fused-ring (bicyclic) bond motifs is 1. The molecular weight excluding hydrogens is 410 g/mol. The monoisotopic (exact) mass is 431 g/mol. The molecule has 0 aliphatic rings. The SMILES string of the molecule is Cc1ccc2nc(-c3ccccc3)c(CSc3nncn3CCc3cccs3)n2c1. The maximum atomic E-state index is 4.92. The summed E-state index contributed by atoms with van der Waals surface area (Å²) in [5.74, 6) is 0.770. The van der Waals surface area contributed by atoms with Gasteiger partial charge >= 0.3 is 0 Å². The van der Waals surface area contributed by atoms with Crippen LogP contribution in [0.5, 0.6) is 0 Å². The van der Waals surface area contributed by atoms with Crippen molar-refractivity contribution in [3.63, 3.8) is 0 Å². The summed E-state index contributed by atoms with van der Waals surface area (Å²) in [7, 11) is 0. The number of thiophene rings is 1. The highest BCUT2D eigenvalue weighted by Crippen LogP contribution is 2.30. The van der Waals surface area contributed by atoms with E-state index in [4.69, 9.17) is 4.98 Å². The summed E-state index contributed by atoms with van der Waals surface area (Å²) >= 11 is 3.50. The van der Waals surface area contributed by atoms with Crippen molar-refractivity contribution in [3.8, 4) is 11.3 Å². The molecule has 4 aromatic heterocycles. The summed E-state index contributed by atoms with van der Waals surface area (Å²) in [6.07, 6.45) is 4.98. The third kappa shape index (κ3) is 3.91. The Morgan fingerprint density at radius 3 is 2.77 bits per heavy atom. The van der Waals surface area contributed by atoms with Crippen LogP contribution in [0.1, 0.15) is 16.1 Å². The molecule has 7 heteroatoms. The van der Waals surface area contributed by atoms with E-state index >= 15 is 0 Å². The van der Waals surface area contributed by atoms with Crippen LogP contribution in [0.3, 0.4) is 0 Å². The van der Waals surface area contributed by atoms with Gasteiger partial charge in [0.05, 0.1) is 11.4 Å². The number of hydrogen-bond donors (Lipinski definition) is 0. The van der Waals surface area contributed by atoms with Crippen molar-refractivity contribution in [2.75, 3.05) is 0 Å². The number of hydrogen-bond acceptors (Lipinski definition) is 5. The maximum absolute atomic E-state index is 4.92. The molecule has 0 saturated carbocycles. The fourth-order valence-corrected chi connectivity index (χ4v) is 5.14. The van der Waals surface area contributed by atoms with Crippen molar-refractivity contribution in [3.05, 3.63) is 88.6 Å². The molecule has 0 bridgehead atoms. The normalized spacial score (nSPS) is 11.4. The first-order valence-corrected chi connectivity index (χ1v) is 11.7. The first-order chi connectivity index (χ1) is 14.8. The Kier molecular flexibility index (Phi) is 5.38. The minimum atomic E-state index is 0.770. The molecule has 0 saturated heterocycles. The second-order valence-corrected chi connectivity index (χ2v) is 9.11. The van der Waals surface area contributed by atoms with Gasteiger partial charge in [-0.25, -0.2) is 4.98 Å². The van der Waals surface area contributed by atoms with Gasteiger partial charge in [-0.15, -0.1) is 21.5 Å². The standard InChI is InChI=1S/C23H21N5S2/c1-17-9-10-21-25-22(18-6-3-2-4-7-18)20(28(21)14-17)15-30-23-26-24-16-27(23)12-11-19-8-5-13-29-19/h2-10,13-14,16H,11-12,15H2,1H3. The fraction of sp³-hybridized carbons (Fsp3) is 0.174. The van der Waals surface area contributed by atoms with E-state index in [0.29, 0.717) is 0 Å². The van der Waals surface area contributed by atoms with E-state index < -0.39 is 0 Å². The first-order valence-electron chi connectivity index (χ1n) is 9.84. The average Bonchev–Trinajstić information content (AvgIpc) is 3.51. The van der Waals surface area contributed by atoms with Crippen LogP contribution in [0.25, 0.3) is 16.9 Å². The van der Waals surface area contributed by atoms with Crippen LogP contribution in [0, 0.1) is 6.92 Å². The van der Waals surface area contributed by atoms with Crippen LogP contribution in [-0.2, 0) is 18.7 Å². The van der Waals surface area contributed by atoms with Crippen LogP contribution in [0.2, 0.25) is 0 Å². The van der Waals surface area contributed by atoms with Crippen molar-refractivity contribution in [1.82, 2.24) is 24.1 Å². The first kappa shape index (κ1) is 19.1. The molecule has 0 amide bonds. The lowest BCUT2D eigenvalue weighted by atomic mass is 10.1. The quantitative estimate of drug-likeness (QED) is 0.319. The van der Waals surface area contributed by atoms with Gasteiger partial charge in [0.15, 0.2) is 5.16 Å². The summed E-state index contributed by atoms with van der Waals surface area (Å²) in [4.78, 5) is 6.30. The number of nitrogens with zero attached hydrogens (tertiary/aromatic N) is 5. The summed E-state index contributed by atoms with van der Waals surface area (Å²) in [5, 5.41) is 11.6. The molecule has 0 fully saturated rings. The highest BCUT2D eigenvalue weighted by atomic mass is 32.2. The van der Waals surface area contributed by atoms with E-state index in [2.05, 4.69) is 86.2 Å². The summed E-state index contributed by atoms with van der Waals surface area (Å²) in [6.45, 7) is 2.99. The summed E-state index contributed by atoms with van der Waals surface area (Å²) in [6, 6.07) is 18.8. The van der Waals surface area contributed by atoms with Crippen molar-refractivity contribution >= 4 is 28.7 Å². The van der Waals surface area contributed by atoms with Gasteiger partial charge < -0.3 is 8.97 Å². The molecule has 150 valence electrons. The van der Waals surface area contributed by atoms with E-state index in [1.807, 2.05) is 12.4 Å². The number of aryl methyl sites for hydroxylation is 3. The van der Waals surface area contributed by atoms with Crippen molar-refractivity contribution in [1.29, 1.82) is 0 Å². The summed E-state index contributed by atoms with van der Waals surface area (Å²) < 4.78 is 4.35. The smallest absolute Gasteiger partial charge is 0.191 e. The van der Waals surface area contributed by atoms with Crippen LogP contribution in [-0.4, -0.2) is 24.1 Å². The molecule has 1 aromatic carbocycles. The van der Waals surface area contributed by atoms with Gasteiger partial charge in [0.25, 0.3) is 0 Å². The fourth-order valence-electron chi connectivity index (χ4n) is 3.49. The Labute approximate surface area is 183 Å². The van der Waals surface area contributed by atoms with Gasteiger partial charge in [0, 0.05) is 28.9 Å². The van der Waals surface area contributed by atoms with Crippen molar-refractivity contribution < 1.29 is 0 Å². The molecule has 30 heavy (non-hydrogen) atoms. The molecule has 0 radical (unpaired) electrons. The minimum absolute atomic E-state index is 0.770. The molecule has 0 aliphatic heterocycles. The topological polar surface area (TPSA) is 48.0 Å². The Balaban J connectivity index is 1.43. The van der Waals surface area contributed by atoms with E-state index in [9.17, 15) is 0 Å². The zero-order valence-electron chi connectivity index (χ0n) is 16.6. The van der Waals surface area contributed by atoms with E-state index in [-0.39, 0.29) is 0 Å². The Morgan fingerprint density at radius 2 is 1.93 bits per heavy atom. The van der Waals surface area contributed by atoms with Crippen LogP contribution < -0.4 is 0 Å². The zero-order valence-corrected chi connectivity index (χ0v) is 18.2. The molecule has 0 aliphatic carbocycles. The molecule has 5 aromatic rings. The van der Waals surface area contributed by atoms with E-state index in [1.54, 1.807) is 23.1 Å². The van der Waals surface area contributed by atoms with E-state index in [0.717, 1.165) is 40.8 Å². The van der Waals surface area contributed by atoms with Gasteiger partial charge in [-0.1, -0.05) is 54.2 Å². The van der Waals surface area contributed by atoms with Gasteiger partial charge in [0.2, 0.25) is 0 Å². The lowest BCUT2D eigenvalue weighted by Gasteiger charge is -2.08. The third-order valence-corrected chi connectivity index (χ3v) is 6.94. The van der Waals surface area contributed by atoms with Crippen LogP contribution in [0.4, 0.5) is 0 Å². The molecule has 0 spiro atoms. The molecule has 5 nitrogen and oxygen atoms in total. The van der Waals surface area contributed by atoms with Gasteiger partial charge in [-0.2, -0.15) is 0 Å². The van der Waals surface area contributed by atoms with Crippen molar-refractivity contribution in [2.45, 2.75) is 30.8 Å². The predicted molar refractivity (Wildman–Crippen MR) is 123 cm³/mol. The predicted octanol–water partition coefficient (Wildman–Crippen LogP) is 5.50. The lowest BCUT2D eigenvalue weighted by Crippen LogP contribution is -2.02. The van der Waals surface area contributed by atoms with Crippen LogP contribution >= 0.6 is 23.1 Å². The lowest BCUT2D eigenvalue weighted by molar-refractivity contribution is 0.637. The number of imidazole rings is 1. The highest BCUT2D eigenvalue weighted by Gasteiger charge is 2.16. The number of benzene rings is 1. The number of aromatic nitrogens is 5. The molecule has 0 unspecified atom stereocenters. The Morgan fingerprint density at radius 1 is 1.03 bits per heavy atom. The second kappa shape index (κ2) is 8.45. The van der Waals surface area contributed by atoms with Gasteiger partial charge in [0.1, 0.15) is 12.0 Å². The average molecular weight is 432 g/mol. The summed E-state index contributed by atoms with van der Waals surface area (Å²) in [5.41, 5.74) is 5.52. The highest BCUT2D eigenvalue weighted by molar-refractivity contribution is 7.98. The third-order valence-electron chi connectivity index (χ3n) is 5.01. The Bertz CT molecular complexity index is 1260. The number of thioether (sulfide) groups is 1. The minimum Gasteiger partial charge on any atom is -0.308 e. The largest absolute Gasteiger partial charge is 0.308 e. The zero-order chi connectivity index (χ0) is 20.3. The Hall–Kier alpha value is -2.90. The van der Waals surface area contributed by atoms with E-state index in [1.165, 1.54) is 16.1 Å². The number of pyridine rings is 1. The molecular formula is C23H21N5S2. The second-order valence-electron chi connectivity index (χ2n) is 7.13. The molecule has 5 rings (SSSR count). The maximum Gasteiger partial charge on any atom is 0.191 e. The molecule has 0 atom stereocenters.